The lowest BCUT2D eigenvalue weighted by molar-refractivity contribution is 0.0513. The summed E-state index contributed by atoms with van der Waals surface area (Å²) in [6.45, 7) is 2.29. The van der Waals surface area contributed by atoms with Gasteiger partial charge in [-0.1, -0.05) is 43.2 Å². The van der Waals surface area contributed by atoms with Gasteiger partial charge in [0.05, 0.1) is 19.3 Å². The minimum absolute atomic E-state index is 0.109. The Morgan fingerprint density at radius 2 is 1.96 bits per heavy atom. The number of esters is 1. The molecule has 0 amide bonds. The van der Waals surface area contributed by atoms with Crippen LogP contribution < -0.4 is 5.43 Å². The average molecular weight is 342 g/mol. The van der Waals surface area contributed by atoms with Crippen molar-refractivity contribution in [3.63, 3.8) is 0 Å². The first-order valence-electron chi connectivity index (χ1n) is 8.59. The summed E-state index contributed by atoms with van der Waals surface area (Å²) >= 11 is 0. The van der Waals surface area contributed by atoms with Gasteiger partial charge >= 0.3 is 5.97 Å². The molecular weight excluding hydrogens is 320 g/mol. The molecule has 0 aliphatic heterocycles. The van der Waals surface area contributed by atoms with Crippen molar-refractivity contribution in [1.29, 1.82) is 0 Å². The normalized spacial score (nSPS) is 15.9. The number of carbonyl (C=O) groups excluding carboxylic acids is 1. The predicted octanol–water partition coefficient (Wildman–Crippen LogP) is 2.64. The third-order valence-corrected chi connectivity index (χ3v) is 4.83. The van der Waals surface area contributed by atoms with Gasteiger partial charge in [0, 0.05) is 5.41 Å². The molecule has 1 saturated carbocycles. The highest BCUT2D eigenvalue weighted by Gasteiger charge is 2.36. The Bertz CT molecular complexity index is 808. The van der Waals surface area contributed by atoms with E-state index in [0.717, 1.165) is 25.7 Å². The molecule has 6 heteroatoms. The molecule has 0 atom stereocenters. The van der Waals surface area contributed by atoms with Crippen LogP contribution in [-0.2, 0) is 16.7 Å². The molecule has 1 N–H and O–H groups in total. The molecule has 1 aromatic carbocycles. The second-order valence-corrected chi connectivity index (χ2v) is 6.46. The van der Waals surface area contributed by atoms with Crippen LogP contribution in [0, 0.1) is 0 Å². The van der Waals surface area contributed by atoms with Crippen LogP contribution in [0.4, 0.5) is 0 Å². The number of hydrogen-bond donors (Lipinski definition) is 1. The van der Waals surface area contributed by atoms with Gasteiger partial charge in [0.2, 0.25) is 5.69 Å². The van der Waals surface area contributed by atoms with E-state index in [9.17, 15) is 14.7 Å². The molecule has 0 bridgehead atoms. The van der Waals surface area contributed by atoms with E-state index in [1.165, 1.54) is 16.4 Å². The van der Waals surface area contributed by atoms with Crippen molar-refractivity contribution in [2.75, 3.05) is 6.61 Å². The topological polar surface area (TPSA) is 81.4 Å². The maximum atomic E-state index is 12.0. The third-order valence-electron chi connectivity index (χ3n) is 4.83. The summed E-state index contributed by atoms with van der Waals surface area (Å²) in [5, 5.41) is 14.1. The number of ether oxygens (including phenoxy) is 1. The first kappa shape index (κ1) is 17.2. The van der Waals surface area contributed by atoms with Gasteiger partial charge in [-0.3, -0.25) is 9.48 Å². The zero-order valence-corrected chi connectivity index (χ0v) is 14.3. The molecule has 1 heterocycles. The molecule has 132 valence electrons. The van der Waals surface area contributed by atoms with Gasteiger partial charge < -0.3 is 9.84 Å². The van der Waals surface area contributed by atoms with Crippen molar-refractivity contribution in [2.45, 2.75) is 44.6 Å². The number of carbonyl (C=O) groups is 1. The van der Waals surface area contributed by atoms with E-state index in [-0.39, 0.29) is 17.7 Å². The van der Waals surface area contributed by atoms with E-state index in [1.54, 1.807) is 6.92 Å². The lowest BCUT2D eigenvalue weighted by Gasteiger charge is -2.30. The molecule has 1 fully saturated rings. The van der Waals surface area contributed by atoms with Crippen LogP contribution in [0.5, 0.6) is 5.75 Å². The number of aromatic hydroxyl groups is 1. The molecule has 3 rings (SSSR count). The SMILES string of the molecule is CCOC(=O)c1nn(CC2(c3ccccc3)CCCC2)cc(O)c1=O. The van der Waals surface area contributed by atoms with Crippen LogP contribution in [-0.4, -0.2) is 27.5 Å². The molecule has 0 saturated heterocycles. The standard InChI is InChI=1S/C19H22N2O4/c1-2-25-18(24)16-17(23)15(22)12-21(20-16)13-19(10-6-7-11-19)14-8-4-3-5-9-14/h3-5,8-9,12,22H,2,6-7,10-11,13H2,1H3. The van der Waals surface area contributed by atoms with Crippen molar-refractivity contribution in [3.8, 4) is 5.75 Å². The van der Waals surface area contributed by atoms with Gasteiger partial charge in [-0.05, 0) is 25.3 Å². The summed E-state index contributed by atoms with van der Waals surface area (Å²) in [6, 6.07) is 10.2. The lowest BCUT2D eigenvalue weighted by Crippen LogP contribution is -2.32. The summed E-state index contributed by atoms with van der Waals surface area (Å²) in [5.74, 6) is -1.29. The molecule has 0 radical (unpaired) electrons. The first-order chi connectivity index (χ1) is 12.1. The zero-order chi connectivity index (χ0) is 17.9. The fraction of sp³-hybridized carbons (Fsp3) is 0.421. The van der Waals surface area contributed by atoms with Gasteiger partial charge in [-0.15, -0.1) is 0 Å². The summed E-state index contributed by atoms with van der Waals surface area (Å²) in [4.78, 5) is 23.9. The summed E-state index contributed by atoms with van der Waals surface area (Å²) < 4.78 is 6.37. The van der Waals surface area contributed by atoms with Gasteiger partial charge in [0.15, 0.2) is 5.75 Å². The Hall–Kier alpha value is -2.63. The second-order valence-electron chi connectivity index (χ2n) is 6.46. The highest BCUT2D eigenvalue weighted by molar-refractivity contribution is 5.87. The van der Waals surface area contributed by atoms with E-state index >= 15 is 0 Å². The van der Waals surface area contributed by atoms with Crippen molar-refractivity contribution < 1.29 is 14.6 Å². The van der Waals surface area contributed by atoms with Crippen molar-refractivity contribution in [3.05, 3.63) is 58.0 Å². The monoisotopic (exact) mass is 342 g/mol. The molecule has 6 nitrogen and oxygen atoms in total. The molecule has 1 aliphatic carbocycles. The Kier molecular flexibility index (Phi) is 4.88. The van der Waals surface area contributed by atoms with Gasteiger partial charge in [-0.2, -0.15) is 5.10 Å². The van der Waals surface area contributed by atoms with Gasteiger partial charge in [-0.25, -0.2) is 4.79 Å². The van der Waals surface area contributed by atoms with Crippen LogP contribution in [0.3, 0.4) is 0 Å². The predicted molar refractivity (Wildman–Crippen MR) is 92.7 cm³/mol. The van der Waals surface area contributed by atoms with Gasteiger partial charge in [0.1, 0.15) is 0 Å². The van der Waals surface area contributed by atoms with E-state index < -0.39 is 17.1 Å². The molecule has 0 unspecified atom stereocenters. The molecule has 25 heavy (non-hydrogen) atoms. The maximum absolute atomic E-state index is 12.0. The quantitative estimate of drug-likeness (QED) is 0.845. The van der Waals surface area contributed by atoms with E-state index in [1.807, 2.05) is 18.2 Å². The van der Waals surface area contributed by atoms with Crippen LogP contribution in [0.15, 0.2) is 41.3 Å². The maximum Gasteiger partial charge on any atom is 0.363 e. The Morgan fingerprint density at radius 3 is 2.60 bits per heavy atom. The van der Waals surface area contributed by atoms with Crippen molar-refractivity contribution in [1.82, 2.24) is 9.78 Å². The second kappa shape index (κ2) is 7.09. The summed E-state index contributed by atoms with van der Waals surface area (Å²) in [6.07, 6.45) is 5.53. The molecular formula is C19H22N2O4. The molecule has 0 spiro atoms. The lowest BCUT2D eigenvalue weighted by atomic mass is 9.79. The third kappa shape index (κ3) is 3.43. The first-order valence-corrected chi connectivity index (χ1v) is 8.59. The van der Waals surface area contributed by atoms with Crippen LogP contribution >= 0.6 is 0 Å². The average Bonchev–Trinajstić information content (AvgIpc) is 3.08. The zero-order valence-electron chi connectivity index (χ0n) is 14.3. The Morgan fingerprint density at radius 1 is 1.28 bits per heavy atom. The largest absolute Gasteiger partial charge is 0.503 e. The fourth-order valence-corrected chi connectivity index (χ4v) is 3.63. The summed E-state index contributed by atoms with van der Waals surface area (Å²) in [7, 11) is 0. The highest BCUT2D eigenvalue weighted by atomic mass is 16.5. The van der Waals surface area contributed by atoms with E-state index in [4.69, 9.17) is 4.74 Å². The minimum Gasteiger partial charge on any atom is -0.503 e. The number of nitrogens with zero attached hydrogens (tertiary/aromatic N) is 2. The van der Waals surface area contributed by atoms with Gasteiger partial charge in [0.25, 0.3) is 5.43 Å². The summed E-state index contributed by atoms with van der Waals surface area (Å²) in [5.41, 5.74) is -0.0649. The molecule has 1 aromatic heterocycles. The smallest absolute Gasteiger partial charge is 0.363 e. The Labute approximate surface area is 146 Å². The van der Waals surface area contributed by atoms with Crippen molar-refractivity contribution in [2.24, 2.45) is 0 Å². The highest BCUT2D eigenvalue weighted by Crippen LogP contribution is 2.42. The number of benzene rings is 1. The molecule has 2 aromatic rings. The fourth-order valence-electron chi connectivity index (χ4n) is 3.63. The van der Waals surface area contributed by atoms with E-state index in [2.05, 4.69) is 17.2 Å². The number of hydrogen-bond acceptors (Lipinski definition) is 5. The number of rotatable bonds is 5. The minimum atomic E-state index is -0.808. The van der Waals surface area contributed by atoms with E-state index in [0.29, 0.717) is 6.54 Å². The van der Waals surface area contributed by atoms with Crippen LogP contribution in [0.1, 0.15) is 48.7 Å². The number of aromatic nitrogens is 2. The van der Waals surface area contributed by atoms with Crippen LogP contribution in [0.2, 0.25) is 0 Å². The van der Waals surface area contributed by atoms with Crippen LogP contribution in [0.25, 0.3) is 0 Å². The Balaban J connectivity index is 1.99. The molecule has 1 aliphatic rings. The van der Waals surface area contributed by atoms with Crippen molar-refractivity contribution >= 4 is 5.97 Å².